The molecule has 2 heteroatoms. The first-order chi connectivity index (χ1) is 7.89. The van der Waals surface area contributed by atoms with Gasteiger partial charge in [-0.2, -0.15) is 0 Å². The maximum atomic E-state index is 11.4. The molecule has 2 nitrogen and oxygen atoms in total. The predicted molar refractivity (Wildman–Crippen MR) is 68.3 cm³/mol. The Balaban J connectivity index is 2.20. The van der Waals surface area contributed by atoms with Crippen LogP contribution >= 0.6 is 0 Å². The smallest absolute Gasteiger partial charge is 0.219 e. The Morgan fingerprint density at radius 3 is 2.25 bits per heavy atom. The molecule has 0 unspecified atom stereocenters. The Kier molecular flexibility index (Phi) is 7.83. The fourth-order valence-electron chi connectivity index (χ4n) is 2.02. The van der Waals surface area contributed by atoms with E-state index < -0.39 is 0 Å². The quantitative estimate of drug-likeness (QED) is 0.625. The van der Waals surface area contributed by atoms with Crippen LogP contribution in [0.2, 0.25) is 0 Å². The lowest BCUT2D eigenvalue weighted by Crippen LogP contribution is -2.23. The zero-order valence-electron chi connectivity index (χ0n) is 10.3. The SMILES string of the molecule is O=C1CCCC/C=C\CCCCCCCN1. The molecule has 0 radical (unpaired) electrons. The number of carbonyl (C=O) groups excluding carboxylic acids is 1. The van der Waals surface area contributed by atoms with Crippen LogP contribution < -0.4 is 5.32 Å². The number of allylic oxidation sites excluding steroid dienone is 2. The van der Waals surface area contributed by atoms with Gasteiger partial charge < -0.3 is 5.32 Å². The monoisotopic (exact) mass is 223 g/mol. The summed E-state index contributed by atoms with van der Waals surface area (Å²) < 4.78 is 0. The van der Waals surface area contributed by atoms with Crippen molar-refractivity contribution < 1.29 is 4.79 Å². The highest BCUT2D eigenvalue weighted by molar-refractivity contribution is 5.75. The molecule has 1 aliphatic heterocycles. The van der Waals surface area contributed by atoms with Gasteiger partial charge in [0.15, 0.2) is 0 Å². The lowest BCUT2D eigenvalue weighted by molar-refractivity contribution is -0.121. The summed E-state index contributed by atoms with van der Waals surface area (Å²) in [5, 5.41) is 3.00. The van der Waals surface area contributed by atoms with E-state index in [1.165, 1.54) is 32.1 Å². The number of hydrogen-bond acceptors (Lipinski definition) is 1. The van der Waals surface area contributed by atoms with E-state index in [-0.39, 0.29) is 5.91 Å². The highest BCUT2D eigenvalue weighted by atomic mass is 16.1. The summed E-state index contributed by atoms with van der Waals surface area (Å²) in [4.78, 5) is 11.4. The van der Waals surface area contributed by atoms with Crippen molar-refractivity contribution in [2.75, 3.05) is 6.54 Å². The van der Waals surface area contributed by atoms with E-state index in [9.17, 15) is 4.79 Å². The number of carbonyl (C=O) groups is 1. The number of hydrogen-bond donors (Lipinski definition) is 1. The molecule has 0 aliphatic carbocycles. The molecule has 0 aromatic heterocycles. The zero-order valence-corrected chi connectivity index (χ0v) is 10.3. The van der Waals surface area contributed by atoms with Crippen LogP contribution in [0.4, 0.5) is 0 Å². The first-order valence-corrected chi connectivity index (χ1v) is 6.81. The van der Waals surface area contributed by atoms with Crippen LogP contribution in [0.3, 0.4) is 0 Å². The molecular formula is C14H25NO. The molecule has 1 N–H and O–H groups in total. The Morgan fingerprint density at radius 1 is 0.812 bits per heavy atom. The molecule has 1 aliphatic rings. The van der Waals surface area contributed by atoms with Crippen LogP contribution in [0, 0.1) is 0 Å². The molecule has 0 atom stereocenters. The van der Waals surface area contributed by atoms with Crippen molar-refractivity contribution in [3.63, 3.8) is 0 Å². The Labute approximate surface area is 99.5 Å². The fourth-order valence-corrected chi connectivity index (χ4v) is 2.02. The van der Waals surface area contributed by atoms with Crippen LogP contribution in [0.1, 0.15) is 64.2 Å². The molecule has 1 amide bonds. The highest BCUT2D eigenvalue weighted by Gasteiger charge is 2.00. The number of nitrogens with one attached hydrogen (secondary N) is 1. The first-order valence-electron chi connectivity index (χ1n) is 6.81. The second-order valence-electron chi connectivity index (χ2n) is 4.62. The molecule has 92 valence electrons. The minimum atomic E-state index is 0.235. The van der Waals surface area contributed by atoms with Crippen molar-refractivity contribution in [3.05, 3.63) is 12.2 Å². The normalized spacial score (nSPS) is 23.9. The molecule has 1 heterocycles. The molecule has 0 bridgehead atoms. The maximum absolute atomic E-state index is 11.4. The summed E-state index contributed by atoms with van der Waals surface area (Å²) in [6.45, 7) is 0.872. The third-order valence-corrected chi connectivity index (χ3v) is 3.06. The zero-order chi connectivity index (χ0) is 11.5. The molecule has 0 aromatic rings. The van der Waals surface area contributed by atoms with E-state index >= 15 is 0 Å². The van der Waals surface area contributed by atoms with Crippen molar-refractivity contribution >= 4 is 5.91 Å². The minimum Gasteiger partial charge on any atom is -0.356 e. The van der Waals surface area contributed by atoms with Gasteiger partial charge in [-0.3, -0.25) is 4.79 Å². The summed E-state index contributed by atoms with van der Waals surface area (Å²) in [5.74, 6) is 0.235. The van der Waals surface area contributed by atoms with E-state index in [4.69, 9.17) is 0 Å². The van der Waals surface area contributed by atoms with Gasteiger partial charge in [-0.05, 0) is 38.5 Å². The van der Waals surface area contributed by atoms with E-state index in [0.29, 0.717) is 6.42 Å². The summed E-state index contributed by atoms with van der Waals surface area (Å²) >= 11 is 0. The van der Waals surface area contributed by atoms with Crippen LogP contribution in [-0.2, 0) is 4.79 Å². The first kappa shape index (κ1) is 13.3. The van der Waals surface area contributed by atoms with Crippen LogP contribution in [0.25, 0.3) is 0 Å². The van der Waals surface area contributed by atoms with Gasteiger partial charge in [0.1, 0.15) is 0 Å². The fraction of sp³-hybridized carbons (Fsp3) is 0.786. The van der Waals surface area contributed by atoms with E-state index in [0.717, 1.165) is 32.2 Å². The lowest BCUT2D eigenvalue weighted by Gasteiger charge is -2.04. The minimum absolute atomic E-state index is 0.235. The average molecular weight is 223 g/mol. The Morgan fingerprint density at radius 2 is 1.44 bits per heavy atom. The standard InChI is InChI=1S/C14H25NO/c16-14-12-10-8-6-4-2-1-3-5-7-9-11-13-15-14/h2,4H,1,3,5-13H2,(H,15,16)/b4-2-. The predicted octanol–water partition coefficient (Wildman–Crippen LogP) is 3.57. The van der Waals surface area contributed by atoms with E-state index in [1.54, 1.807) is 0 Å². The highest BCUT2D eigenvalue weighted by Crippen LogP contribution is 2.07. The van der Waals surface area contributed by atoms with Crippen molar-refractivity contribution in [2.45, 2.75) is 64.2 Å². The van der Waals surface area contributed by atoms with Gasteiger partial charge in [0.2, 0.25) is 5.91 Å². The largest absolute Gasteiger partial charge is 0.356 e. The topological polar surface area (TPSA) is 29.1 Å². The van der Waals surface area contributed by atoms with Gasteiger partial charge in [-0.15, -0.1) is 0 Å². The molecule has 0 aromatic carbocycles. The maximum Gasteiger partial charge on any atom is 0.219 e. The molecule has 0 saturated heterocycles. The van der Waals surface area contributed by atoms with E-state index in [2.05, 4.69) is 17.5 Å². The van der Waals surface area contributed by atoms with Gasteiger partial charge >= 0.3 is 0 Å². The number of rotatable bonds is 0. The van der Waals surface area contributed by atoms with Crippen LogP contribution in [0.15, 0.2) is 12.2 Å². The second-order valence-corrected chi connectivity index (χ2v) is 4.62. The van der Waals surface area contributed by atoms with Crippen LogP contribution in [-0.4, -0.2) is 12.5 Å². The Bertz CT molecular complexity index is 211. The third kappa shape index (κ3) is 7.49. The summed E-state index contributed by atoms with van der Waals surface area (Å²) in [7, 11) is 0. The van der Waals surface area contributed by atoms with Gasteiger partial charge in [0, 0.05) is 13.0 Å². The second kappa shape index (κ2) is 9.44. The summed E-state index contributed by atoms with van der Waals surface area (Å²) in [6.07, 6.45) is 16.2. The Hall–Kier alpha value is -0.790. The molecule has 1 rings (SSSR count). The number of amides is 1. The third-order valence-electron chi connectivity index (χ3n) is 3.06. The summed E-state index contributed by atoms with van der Waals surface area (Å²) in [6, 6.07) is 0. The van der Waals surface area contributed by atoms with Gasteiger partial charge in [-0.25, -0.2) is 0 Å². The molecule has 16 heavy (non-hydrogen) atoms. The van der Waals surface area contributed by atoms with Crippen molar-refractivity contribution in [3.8, 4) is 0 Å². The molecular weight excluding hydrogens is 198 g/mol. The molecule has 0 fully saturated rings. The van der Waals surface area contributed by atoms with Gasteiger partial charge in [-0.1, -0.05) is 31.4 Å². The molecule has 0 saturated carbocycles. The van der Waals surface area contributed by atoms with Crippen LogP contribution in [0.5, 0.6) is 0 Å². The lowest BCUT2D eigenvalue weighted by atomic mass is 10.1. The average Bonchev–Trinajstić information content (AvgIpc) is 2.29. The van der Waals surface area contributed by atoms with Crippen molar-refractivity contribution in [1.82, 2.24) is 5.32 Å². The van der Waals surface area contributed by atoms with Crippen molar-refractivity contribution in [2.24, 2.45) is 0 Å². The van der Waals surface area contributed by atoms with E-state index in [1.807, 2.05) is 0 Å². The van der Waals surface area contributed by atoms with Crippen molar-refractivity contribution in [1.29, 1.82) is 0 Å². The van der Waals surface area contributed by atoms with Gasteiger partial charge in [0.05, 0.1) is 0 Å². The molecule has 0 spiro atoms. The van der Waals surface area contributed by atoms with Gasteiger partial charge in [0.25, 0.3) is 0 Å². The summed E-state index contributed by atoms with van der Waals surface area (Å²) in [5.41, 5.74) is 0.